The van der Waals surface area contributed by atoms with Crippen molar-refractivity contribution in [3.05, 3.63) is 76.9 Å². The van der Waals surface area contributed by atoms with Crippen molar-refractivity contribution in [3.63, 3.8) is 0 Å². The number of aliphatic hydroxyl groups is 1. The van der Waals surface area contributed by atoms with E-state index in [0.29, 0.717) is 47.9 Å². The maximum atomic E-state index is 13.2. The molecular weight excluding hydrogens is 420 g/mol. The molecule has 0 saturated heterocycles. The Morgan fingerprint density at radius 3 is 2.73 bits per heavy atom. The molecule has 2 N–H and O–H groups in total. The molecule has 4 aromatic rings. The van der Waals surface area contributed by atoms with Crippen molar-refractivity contribution in [1.82, 2.24) is 24.3 Å². The third kappa shape index (κ3) is 3.87. The average molecular weight is 444 g/mol. The highest BCUT2D eigenvalue weighted by Crippen LogP contribution is 2.27. The summed E-state index contributed by atoms with van der Waals surface area (Å²) in [4.78, 5) is 26.9. The molecule has 3 aromatic heterocycles. The van der Waals surface area contributed by atoms with Crippen LogP contribution in [0.4, 0.5) is 11.6 Å². The van der Waals surface area contributed by atoms with E-state index < -0.39 is 5.60 Å². The molecule has 168 valence electrons. The van der Waals surface area contributed by atoms with Gasteiger partial charge in [0.05, 0.1) is 19.3 Å². The Bertz CT molecular complexity index is 1400. The van der Waals surface area contributed by atoms with Gasteiger partial charge in [-0.1, -0.05) is 18.2 Å². The van der Waals surface area contributed by atoms with Crippen LogP contribution in [0.2, 0.25) is 0 Å². The second-order valence-corrected chi connectivity index (χ2v) is 8.15. The molecule has 0 unspecified atom stereocenters. The Kier molecular flexibility index (Phi) is 5.18. The molecule has 0 amide bonds. The molecule has 4 heterocycles. The summed E-state index contributed by atoms with van der Waals surface area (Å²) in [6.07, 6.45) is 6.62. The van der Waals surface area contributed by atoms with Crippen molar-refractivity contribution >= 4 is 22.7 Å². The lowest BCUT2D eigenvalue weighted by Gasteiger charge is -2.22. The van der Waals surface area contributed by atoms with E-state index in [1.807, 2.05) is 42.5 Å². The third-order valence-corrected chi connectivity index (χ3v) is 5.77. The van der Waals surface area contributed by atoms with Crippen molar-refractivity contribution < 1.29 is 9.84 Å². The number of aromatic nitrogens is 5. The fourth-order valence-corrected chi connectivity index (χ4v) is 3.92. The predicted octanol–water partition coefficient (Wildman–Crippen LogP) is 3.29. The third-order valence-electron chi connectivity index (χ3n) is 5.77. The second-order valence-electron chi connectivity index (χ2n) is 8.15. The van der Waals surface area contributed by atoms with Crippen LogP contribution in [0.3, 0.4) is 0 Å². The first-order chi connectivity index (χ1) is 16.0. The number of ether oxygens (including phenoxy) is 1. The highest BCUT2D eigenvalue weighted by atomic mass is 16.5. The van der Waals surface area contributed by atoms with Crippen LogP contribution in [0.15, 0.2) is 65.6 Å². The van der Waals surface area contributed by atoms with Gasteiger partial charge >= 0.3 is 0 Å². The largest absolute Gasteiger partial charge is 0.497 e. The van der Waals surface area contributed by atoms with Gasteiger partial charge in [0.25, 0.3) is 5.56 Å². The van der Waals surface area contributed by atoms with Crippen LogP contribution >= 0.6 is 0 Å². The number of hydrogen-bond acceptors (Lipinski definition) is 7. The van der Waals surface area contributed by atoms with Gasteiger partial charge in [0, 0.05) is 11.9 Å². The van der Waals surface area contributed by atoms with Crippen LogP contribution in [0, 0.1) is 0 Å². The summed E-state index contributed by atoms with van der Waals surface area (Å²) < 4.78 is 8.47. The number of nitrogens with one attached hydrogen (secondary N) is 1. The topological polar surface area (TPSA) is 107 Å². The predicted molar refractivity (Wildman–Crippen MR) is 125 cm³/mol. The Morgan fingerprint density at radius 1 is 1.12 bits per heavy atom. The number of anilines is 2. The summed E-state index contributed by atoms with van der Waals surface area (Å²) >= 11 is 0. The lowest BCUT2D eigenvalue weighted by molar-refractivity contribution is 0.0443. The number of rotatable bonds is 3. The Morgan fingerprint density at radius 2 is 1.94 bits per heavy atom. The second kappa shape index (κ2) is 8.18. The van der Waals surface area contributed by atoms with E-state index in [-0.39, 0.29) is 5.56 Å². The van der Waals surface area contributed by atoms with Crippen molar-refractivity contribution in [2.45, 2.75) is 31.9 Å². The molecule has 9 nitrogen and oxygen atoms in total. The zero-order valence-electron chi connectivity index (χ0n) is 18.4. The maximum absolute atomic E-state index is 13.2. The fraction of sp³-hybridized carbons (Fsp3) is 0.250. The van der Waals surface area contributed by atoms with Crippen LogP contribution < -0.4 is 15.6 Å². The number of nitrogens with zero attached hydrogens (tertiary/aromatic N) is 5. The normalized spacial score (nSPS) is 18.9. The van der Waals surface area contributed by atoms with E-state index in [0.717, 1.165) is 11.4 Å². The van der Waals surface area contributed by atoms with Gasteiger partial charge in [-0.25, -0.2) is 19.3 Å². The van der Waals surface area contributed by atoms with E-state index in [1.54, 1.807) is 35.5 Å². The Labute approximate surface area is 190 Å². The summed E-state index contributed by atoms with van der Waals surface area (Å²) in [7, 11) is 1.61. The van der Waals surface area contributed by atoms with Crippen LogP contribution in [-0.4, -0.2) is 36.5 Å². The van der Waals surface area contributed by atoms with Gasteiger partial charge in [0.2, 0.25) is 5.95 Å². The minimum Gasteiger partial charge on any atom is -0.497 e. The van der Waals surface area contributed by atoms with E-state index in [9.17, 15) is 9.90 Å². The summed E-state index contributed by atoms with van der Waals surface area (Å²) in [6.45, 7) is 2.11. The van der Waals surface area contributed by atoms with Crippen molar-refractivity contribution in [3.8, 4) is 11.6 Å². The molecule has 1 aromatic carbocycles. The Balaban J connectivity index is 1.66. The lowest BCUT2D eigenvalue weighted by Crippen LogP contribution is -2.24. The van der Waals surface area contributed by atoms with Crippen LogP contribution in [0.5, 0.6) is 5.75 Å². The quantitative estimate of drug-likeness (QED) is 0.467. The highest BCUT2D eigenvalue weighted by molar-refractivity contribution is 5.77. The average Bonchev–Trinajstić information content (AvgIpc) is 3.09. The molecule has 1 aliphatic heterocycles. The van der Waals surface area contributed by atoms with Gasteiger partial charge < -0.3 is 15.2 Å². The smallest absolute Gasteiger partial charge is 0.278 e. The van der Waals surface area contributed by atoms with Crippen LogP contribution in [0.1, 0.15) is 25.5 Å². The van der Waals surface area contributed by atoms with Crippen LogP contribution in [0.25, 0.3) is 16.9 Å². The number of benzene rings is 1. The first-order valence-corrected chi connectivity index (χ1v) is 10.7. The SMILES string of the molecule is COc1ccc(Nc2ncc3c(=O)n4n(c3n2)-c2cccc(n2)[C@@](C)(O)CC/C=C\C4)cc1. The number of methoxy groups -OCH3 is 1. The van der Waals surface area contributed by atoms with Gasteiger partial charge in [0.15, 0.2) is 11.5 Å². The first-order valence-electron chi connectivity index (χ1n) is 10.7. The molecule has 0 saturated carbocycles. The number of allylic oxidation sites excluding steroid dienone is 2. The van der Waals surface area contributed by atoms with Crippen molar-refractivity contribution in [2.75, 3.05) is 12.4 Å². The molecule has 1 atom stereocenters. The molecule has 0 radical (unpaired) electrons. The standard InChI is InChI=1S/C24H24N6O3/c1-24(32)13-4-3-5-14-29-22(31)18-15-25-23(26-16-9-11-17(33-2)12-10-16)28-21(18)30(29)20-8-6-7-19(24)27-20/h3,5-12,15,32H,4,13-14H2,1-2H3,(H,25,26,28)/b5-3-/t24-/m0/s1. The molecule has 33 heavy (non-hydrogen) atoms. The molecule has 0 fully saturated rings. The molecule has 1 aliphatic rings. The van der Waals surface area contributed by atoms with E-state index in [1.165, 1.54) is 6.20 Å². The highest BCUT2D eigenvalue weighted by Gasteiger charge is 2.26. The number of fused-ring (bicyclic) bond motifs is 6. The fourth-order valence-electron chi connectivity index (χ4n) is 3.92. The Hall–Kier alpha value is -3.98. The van der Waals surface area contributed by atoms with E-state index in [4.69, 9.17) is 9.72 Å². The number of pyridine rings is 1. The molecular formula is C24H24N6O3. The minimum absolute atomic E-state index is 0.205. The van der Waals surface area contributed by atoms with Crippen molar-refractivity contribution in [1.29, 1.82) is 0 Å². The lowest BCUT2D eigenvalue weighted by atomic mass is 9.95. The molecule has 2 bridgehead atoms. The van der Waals surface area contributed by atoms with Gasteiger partial charge in [-0.05, 0) is 56.2 Å². The molecule has 5 rings (SSSR count). The van der Waals surface area contributed by atoms with Gasteiger partial charge in [-0.2, -0.15) is 4.98 Å². The van der Waals surface area contributed by atoms with Gasteiger partial charge in [-0.15, -0.1) is 0 Å². The monoisotopic (exact) mass is 444 g/mol. The summed E-state index contributed by atoms with van der Waals surface area (Å²) in [5.41, 5.74) is 0.469. The maximum Gasteiger partial charge on any atom is 0.278 e. The van der Waals surface area contributed by atoms with E-state index >= 15 is 0 Å². The number of hydrogen-bond donors (Lipinski definition) is 2. The zero-order chi connectivity index (χ0) is 23.0. The molecule has 0 aliphatic carbocycles. The zero-order valence-corrected chi connectivity index (χ0v) is 18.4. The van der Waals surface area contributed by atoms with E-state index in [2.05, 4.69) is 15.3 Å². The molecule has 0 spiro atoms. The first kappa shape index (κ1) is 20.9. The summed E-state index contributed by atoms with van der Waals surface area (Å²) in [5.74, 6) is 1.60. The van der Waals surface area contributed by atoms with Crippen molar-refractivity contribution in [2.24, 2.45) is 0 Å². The summed E-state index contributed by atoms with van der Waals surface area (Å²) in [6, 6.07) is 12.8. The van der Waals surface area contributed by atoms with Gasteiger partial charge in [-0.3, -0.25) is 4.79 Å². The molecule has 9 heteroatoms. The summed E-state index contributed by atoms with van der Waals surface area (Å²) in [5, 5.41) is 14.5. The van der Waals surface area contributed by atoms with Gasteiger partial charge in [0.1, 0.15) is 16.7 Å². The minimum atomic E-state index is -1.09. The van der Waals surface area contributed by atoms with Crippen LogP contribution in [-0.2, 0) is 12.1 Å².